The van der Waals surface area contributed by atoms with E-state index in [1.165, 1.54) is 54.1 Å². The minimum atomic E-state index is -0.271. The molecule has 3 N–H and O–H groups in total. The number of hydrogen-bond acceptors (Lipinski definition) is 11. The molecule has 79 heavy (non-hydrogen) atoms. The van der Waals surface area contributed by atoms with Gasteiger partial charge in [-0.1, -0.05) is 125 Å². The molecule has 0 saturated carbocycles. The van der Waals surface area contributed by atoms with Gasteiger partial charge in [-0.25, -0.2) is 17.6 Å². The van der Waals surface area contributed by atoms with Crippen molar-refractivity contribution >= 4 is 22.4 Å². The number of hydrogen-bond donors (Lipinski definition) is 2. The van der Waals surface area contributed by atoms with E-state index in [0.717, 1.165) is 49.8 Å². The molecule has 0 spiro atoms. The van der Waals surface area contributed by atoms with E-state index in [0.29, 0.717) is 62.9 Å². The molecular formula is C61H55BrF4K2N4O7. The first-order chi connectivity index (χ1) is 37.4. The Bertz CT molecular complexity index is 2960. The first-order valence-electron chi connectivity index (χ1n) is 23.3. The van der Waals surface area contributed by atoms with Gasteiger partial charge < -0.3 is 36.6 Å². The Morgan fingerprint density at radius 2 is 0.734 bits per heavy atom. The summed E-state index contributed by atoms with van der Waals surface area (Å²) in [5, 5.41) is 43.5. The quantitative estimate of drug-likeness (QED) is 0.0281. The minimum Gasteiger partial charge on any atom is -1.00 e. The molecule has 0 saturated heterocycles. The maximum Gasteiger partial charge on any atom is 1.00 e. The molecule has 0 heterocycles. The van der Waals surface area contributed by atoms with Crippen molar-refractivity contribution in [2.75, 3.05) is 0 Å². The van der Waals surface area contributed by atoms with E-state index < -0.39 is 0 Å². The molecule has 0 aliphatic rings. The topological polar surface area (TPSA) is 195 Å². The molecule has 398 valence electrons. The summed E-state index contributed by atoms with van der Waals surface area (Å²) in [7, 11) is 0. The van der Waals surface area contributed by atoms with Gasteiger partial charge in [0.25, 0.3) is 6.47 Å². The average molecular weight is 1190 g/mol. The van der Waals surface area contributed by atoms with Crippen molar-refractivity contribution in [3.05, 3.63) is 284 Å². The summed E-state index contributed by atoms with van der Waals surface area (Å²) in [5.74, 6) is -1.01. The van der Waals surface area contributed by atoms with E-state index in [-0.39, 0.29) is 141 Å². The number of nitrogens with two attached hydrogens (primary N) is 1. The Hall–Kier alpha value is -5.07. The van der Waals surface area contributed by atoms with Gasteiger partial charge in [-0.15, -0.1) is 0 Å². The number of aliphatic hydroxyl groups excluding tert-OH is 1. The van der Waals surface area contributed by atoms with Crippen LogP contribution in [0.4, 0.5) is 17.6 Å². The molecular weight excluding hydrogens is 1130 g/mol. The number of alkyl halides is 1. The summed E-state index contributed by atoms with van der Waals surface area (Å²) in [6, 6.07) is 60.9. The third-order valence-corrected chi connectivity index (χ3v) is 10.7. The van der Waals surface area contributed by atoms with Crippen LogP contribution >= 0.6 is 15.9 Å². The van der Waals surface area contributed by atoms with Crippen LogP contribution in [0.15, 0.2) is 194 Å². The number of carbonyl (C=O) groups is 1. The van der Waals surface area contributed by atoms with E-state index >= 15 is 0 Å². The van der Waals surface area contributed by atoms with Crippen molar-refractivity contribution in [2.45, 2.75) is 58.1 Å². The van der Waals surface area contributed by atoms with E-state index in [1.807, 2.05) is 91.0 Å². The Morgan fingerprint density at radius 3 is 1.00 bits per heavy atom. The van der Waals surface area contributed by atoms with E-state index in [2.05, 4.69) is 39.0 Å². The van der Waals surface area contributed by atoms with Gasteiger partial charge in [0.2, 0.25) is 0 Å². The predicted octanol–water partition coefficient (Wildman–Crippen LogP) is 6.16. The number of nitriles is 3. The molecule has 8 aromatic carbocycles. The smallest absolute Gasteiger partial charge is 1.00 e. The number of rotatable bonds is 16. The maximum absolute atomic E-state index is 12.9. The third kappa shape index (κ3) is 32.7. The molecule has 8 rings (SSSR count). The summed E-state index contributed by atoms with van der Waals surface area (Å²) in [6.45, 7) is 2.91. The molecule has 11 nitrogen and oxygen atoms in total. The largest absolute Gasteiger partial charge is 1.00 e. The van der Waals surface area contributed by atoms with Crippen LogP contribution in [0.5, 0.6) is 0 Å². The molecule has 0 bridgehead atoms. The fourth-order valence-corrected chi connectivity index (χ4v) is 6.50. The van der Waals surface area contributed by atoms with Gasteiger partial charge in [0.15, 0.2) is 0 Å². The van der Waals surface area contributed by atoms with Gasteiger partial charge in [0, 0.05) is 11.9 Å². The van der Waals surface area contributed by atoms with Crippen molar-refractivity contribution in [2.24, 2.45) is 5.73 Å². The van der Waals surface area contributed by atoms with Crippen LogP contribution in [0, 0.1) is 57.3 Å². The molecule has 0 amide bonds. The van der Waals surface area contributed by atoms with E-state index in [4.69, 9.17) is 50.9 Å². The van der Waals surface area contributed by atoms with Crippen LogP contribution in [0.3, 0.4) is 0 Å². The fraction of sp³-hybridized carbons (Fsp3) is 0.148. The average Bonchev–Trinajstić information content (AvgIpc) is 3.47. The molecule has 0 unspecified atom stereocenters. The molecule has 0 fully saturated rings. The van der Waals surface area contributed by atoms with Crippen molar-refractivity contribution in [1.29, 1.82) is 15.8 Å². The zero-order valence-corrected chi connectivity index (χ0v) is 51.5. The number of aliphatic hydroxyl groups is 1. The Labute approximate surface area is 553 Å². The van der Waals surface area contributed by atoms with Gasteiger partial charge in [-0.2, -0.15) is 15.8 Å². The second-order valence-corrected chi connectivity index (χ2v) is 16.5. The maximum atomic E-state index is 12.9. The molecule has 18 heteroatoms. The molecule has 0 atom stereocenters. The summed E-state index contributed by atoms with van der Waals surface area (Å²) in [5.41, 5.74) is 16.0. The van der Waals surface area contributed by atoms with Crippen LogP contribution in [0.1, 0.15) is 68.2 Å². The monoisotopic (exact) mass is 1190 g/mol. The normalized spacial score (nSPS) is 9.43. The molecule has 0 aliphatic carbocycles. The second-order valence-electron chi connectivity index (χ2n) is 15.9. The summed E-state index contributed by atoms with van der Waals surface area (Å²) < 4.78 is 67.4. The minimum absolute atomic E-state index is 0. The Kier molecular flexibility index (Phi) is 40.7. The van der Waals surface area contributed by atoms with Crippen molar-refractivity contribution in [1.82, 2.24) is 0 Å². The molecule has 0 aromatic heterocycles. The Balaban J connectivity index is 0.000000970. The standard InChI is InChI=1S/C15H16FNO.2C15H12FNO.C8H6BrN.C7H7FO.CH2O3.2K.H/c3*16-15-3-1-2-14(8-15)11-18-10-13-6-4-12(9-17)5-7-13;9-5-7-1-3-8(6-10)4-2-7;8-7-3-1-6(5-9)2-4-7;2-1-4-3;;;/h1-8H,9-11,17H2;2*1-8H,10-11H2;1-4H,5H2;1-4,9H,5H2;1,3H;;;/q;;;;;;2*+1;-1/p-1. The number of benzene rings is 8. The first-order valence-corrected chi connectivity index (χ1v) is 24.4. The SMILES string of the molecule is N#Cc1ccc(CBr)cc1.N#Cc1ccc(COCc2cccc(F)c2)cc1.N#Cc1ccc(COCc2cccc(F)c2)cc1.NCc1ccc(COCc2cccc(F)c2)cc1.O=CO[O-].OCc1ccc(F)cc1.[H-].[K+].[K+]. The van der Waals surface area contributed by atoms with Crippen molar-refractivity contribution < 1.29 is 156 Å². The number of ether oxygens (including phenoxy) is 3. The zero-order valence-electron chi connectivity index (χ0n) is 44.6. The summed E-state index contributed by atoms with van der Waals surface area (Å²) >= 11 is 3.32. The first kappa shape index (κ1) is 71.9. The van der Waals surface area contributed by atoms with Gasteiger partial charge in [-0.3, -0.25) is 4.79 Å². The van der Waals surface area contributed by atoms with Gasteiger partial charge in [0.05, 0.1) is 81.1 Å². The second kappa shape index (κ2) is 44.7. The number of carbonyl (C=O) groups excluding carboxylic acids is 1. The molecule has 8 aromatic rings. The summed E-state index contributed by atoms with van der Waals surface area (Å²) in [6.07, 6.45) is 0. The van der Waals surface area contributed by atoms with E-state index in [1.54, 1.807) is 54.6 Å². The van der Waals surface area contributed by atoms with Crippen molar-refractivity contribution in [3.8, 4) is 18.2 Å². The number of nitrogens with zero attached hydrogens (tertiary/aromatic N) is 3. The predicted molar refractivity (Wildman–Crippen MR) is 286 cm³/mol. The van der Waals surface area contributed by atoms with Gasteiger partial charge in [-0.05, 0) is 135 Å². The fourth-order valence-electron chi connectivity index (χ4n) is 6.12. The summed E-state index contributed by atoms with van der Waals surface area (Å²) in [4.78, 5) is 11.2. The van der Waals surface area contributed by atoms with Gasteiger partial charge in [0.1, 0.15) is 23.3 Å². The van der Waals surface area contributed by atoms with Crippen LogP contribution in [0.25, 0.3) is 0 Å². The van der Waals surface area contributed by atoms with Crippen LogP contribution in [0.2, 0.25) is 0 Å². The van der Waals surface area contributed by atoms with Crippen LogP contribution in [-0.2, 0) is 82.0 Å². The van der Waals surface area contributed by atoms with Crippen LogP contribution < -0.4 is 114 Å². The van der Waals surface area contributed by atoms with E-state index in [9.17, 15) is 17.6 Å². The zero-order chi connectivity index (χ0) is 55.9. The Morgan fingerprint density at radius 1 is 0.456 bits per heavy atom. The third-order valence-electron chi connectivity index (χ3n) is 10.1. The number of halogens is 5. The van der Waals surface area contributed by atoms with Crippen LogP contribution in [-0.4, -0.2) is 11.6 Å². The van der Waals surface area contributed by atoms with Gasteiger partial charge >= 0.3 is 103 Å². The molecule has 0 aliphatic heterocycles. The van der Waals surface area contributed by atoms with Crippen molar-refractivity contribution in [3.63, 3.8) is 0 Å². The molecule has 0 radical (unpaired) electrons.